The fourth-order valence-corrected chi connectivity index (χ4v) is 5.25. The lowest BCUT2D eigenvalue weighted by Gasteiger charge is -2.38. The molecule has 1 saturated heterocycles. The summed E-state index contributed by atoms with van der Waals surface area (Å²) >= 11 is 12.4. The van der Waals surface area contributed by atoms with Crippen LogP contribution < -0.4 is 4.90 Å². The monoisotopic (exact) mass is 457 g/mol. The third kappa shape index (κ3) is 3.44. The van der Waals surface area contributed by atoms with Crippen molar-refractivity contribution in [3.8, 4) is 11.1 Å². The van der Waals surface area contributed by atoms with Crippen LogP contribution in [-0.2, 0) is 0 Å². The molecule has 2 heterocycles. The molecule has 1 aliphatic heterocycles. The summed E-state index contributed by atoms with van der Waals surface area (Å²) in [4.78, 5) is 11.0. The van der Waals surface area contributed by atoms with Crippen LogP contribution in [0.5, 0.6) is 0 Å². The second-order valence-electron chi connectivity index (χ2n) is 8.53. The van der Waals surface area contributed by atoms with Gasteiger partial charge in [0.15, 0.2) is 0 Å². The Morgan fingerprint density at radius 1 is 1.16 bits per heavy atom. The Morgan fingerprint density at radius 2 is 1.97 bits per heavy atom. The van der Waals surface area contributed by atoms with Gasteiger partial charge in [-0.05, 0) is 60.9 Å². The maximum atomic E-state index is 14.8. The van der Waals surface area contributed by atoms with Gasteiger partial charge in [0.05, 0.1) is 21.2 Å². The highest BCUT2D eigenvalue weighted by atomic mass is 35.5. The summed E-state index contributed by atoms with van der Waals surface area (Å²) in [6.45, 7) is 5.38. The number of aromatic nitrogens is 2. The van der Waals surface area contributed by atoms with Crippen molar-refractivity contribution in [2.45, 2.75) is 25.7 Å². The van der Waals surface area contributed by atoms with E-state index in [1.807, 2.05) is 6.07 Å². The smallest absolute Gasteiger partial charge is 0.149 e. The molecule has 7 heteroatoms. The van der Waals surface area contributed by atoms with E-state index in [0.717, 1.165) is 49.9 Å². The molecule has 3 aromatic rings. The topological polar surface area (TPSA) is 49.2 Å². The number of hydrogen-bond acceptors (Lipinski definition) is 4. The summed E-state index contributed by atoms with van der Waals surface area (Å²) < 4.78 is 14.8. The number of piperidine rings is 1. The molecule has 1 aliphatic carbocycles. The van der Waals surface area contributed by atoms with Gasteiger partial charge in [-0.2, -0.15) is 0 Å². The zero-order valence-electron chi connectivity index (χ0n) is 16.9. The van der Waals surface area contributed by atoms with Crippen molar-refractivity contribution >= 4 is 39.9 Å². The molecule has 1 unspecified atom stereocenters. The molecule has 5 rings (SSSR count). The third-order valence-corrected chi connectivity index (χ3v) is 7.55. The maximum absolute atomic E-state index is 14.8. The van der Waals surface area contributed by atoms with Gasteiger partial charge in [0.2, 0.25) is 0 Å². The average molecular weight is 458 g/mol. The Balaban J connectivity index is 1.63. The predicted octanol–water partition coefficient (Wildman–Crippen LogP) is 6.81. The lowest BCUT2D eigenvalue weighted by atomic mass is 9.81. The number of hydrogen-bond donors (Lipinski definition) is 1. The number of aliphatic hydroxyl groups is 1. The van der Waals surface area contributed by atoms with Crippen LogP contribution in [0, 0.1) is 17.2 Å². The highest BCUT2D eigenvalue weighted by Gasteiger charge is 2.53. The molecule has 0 spiro atoms. The molecule has 0 radical (unpaired) electrons. The van der Waals surface area contributed by atoms with Crippen molar-refractivity contribution < 1.29 is 9.50 Å². The van der Waals surface area contributed by atoms with Crippen LogP contribution in [-0.4, -0.2) is 28.2 Å². The molecule has 2 fully saturated rings. The number of halogens is 3. The molecule has 2 aliphatic rings. The van der Waals surface area contributed by atoms with Crippen molar-refractivity contribution in [1.82, 2.24) is 9.97 Å². The first-order valence-corrected chi connectivity index (χ1v) is 11.2. The van der Waals surface area contributed by atoms with Crippen molar-refractivity contribution in [2.75, 3.05) is 18.0 Å². The van der Waals surface area contributed by atoms with Crippen LogP contribution in [0.25, 0.3) is 22.0 Å². The molecule has 1 saturated carbocycles. The maximum Gasteiger partial charge on any atom is 0.149 e. The number of rotatable bonds is 4. The summed E-state index contributed by atoms with van der Waals surface area (Å²) in [5.74, 6) is 0.897. The van der Waals surface area contributed by atoms with Crippen molar-refractivity contribution in [3.63, 3.8) is 0 Å². The van der Waals surface area contributed by atoms with E-state index in [4.69, 9.17) is 23.2 Å². The van der Waals surface area contributed by atoms with Gasteiger partial charge in [0.1, 0.15) is 23.5 Å². The lowest BCUT2D eigenvalue weighted by molar-refractivity contribution is 0.218. The van der Waals surface area contributed by atoms with Crippen LogP contribution >= 0.6 is 23.2 Å². The molecule has 31 heavy (non-hydrogen) atoms. The molecule has 1 atom stereocenters. The van der Waals surface area contributed by atoms with Gasteiger partial charge in [0.25, 0.3) is 0 Å². The van der Waals surface area contributed by atoms with Gasteiger partial charge >= 0.3 is 0 Å². The second kappa shape index (κ2) is 7.64. The SMILES string of the molecule is C=C(O)C1(C2CCCN(c3ncnc4c(F)ccc(-c5ccc(Cl)c(Cl)c5)c34)C2)CC1. The van der Waals surface area contributed by atoms with E-state index in [-0.39, 0.29) is 16.7 Å². The second-order valence-corrected chi connectivity index (χ2v) is 9.35. The van der Waals surface area contributed by atoms with E-state index < -0.39 is 5.82 Å². The van der Waals surface area contributed by atoms with Gasteiger partial charge < -0.3 is 10.0 Å². The number of fused-ring (bicyclic) bond motifs is 1. The molecule has 1 N–H and O–H groups in total. The quantitative estimate of drug-likeness (QED) is 0.437. The van der Waals surface area contributed by atoms with Crippen LogP contribution in [0.3, 0.4) is 0 Å². The van der Waals surface area contributed by atoms with Crippen molar-refractivity contribution in [2.24, 2.45) is 11.3 Å². The fraction of sp³-hybridized carbons (Fsp3) is 0.333. The highest BCUT2D eigenvalue weighted by molar-refractivity contribution is 6.42. The average Bonchev–Trinajstić information content (AvgIpc) is 3.58. The minimum atomic E-state index is -0.390. The number of allylic oxidation sites excluding steroid dienone is 1. The van der Waals surface area contributed by atoms with Gasteiger partial charge in [-0.1, -0.05) is 41.9 Å². The number of nitrogens with zero attached hydrogens (tertiary/aromatic N) is 3. The molecule has 4 nitrogen and oxygen atoms in total. The van der Waals surface area contributed by atoms with Crippen molar-refractivity contribution in [1.29, 1.82) is 0 Å². The molecular weight excluding hydrogens is 436 g/mol. The normalized spacial score (nSPS) is 20.1. The first kappa shape index (κ1) is 20.5. The third-order valence-electron chi connectivity index (χ3n) is 6.82. The largest absolute Gasteiger partial charge is 0.512 e. The van der Waals surface area contributed by atoms with Crippen LogP contribution in [0.15, 0.2) is 49.0 Å². The van der Waals surface area contributed by atoms with Gasteiger partial charge in [-0.25, -0.2) is 14.4 Å². The van der Waals surface area contributed by atoms with E-state index in [1.54, 1.807) is 18.2 Å². The molecular formula is C24H22Cl2FN3O. The molecule has 0 amide bonds. The summed E-state index contributed by atoms with van der Waals surface area (Å²) in [5, 5.41) is 11.8. The van der Waals surface area contributed by atoms with Crippen molar-refractivity contribution in [3.05, 3.63) is 64.9 Å². The van der Waals surface area contributed by atoms with E-state index in [1.165, 1.54) is 12.4 Å². The minimum Gasteiger partial charge on any atom is -0.512 e. The van der Waals surface area contributed by atoms with E-state index in [0.29, 0.717) is 27.2 Å². The Morgan fingerprint density at radius 3 is 2.68 bits per heavy atom. The van der Waals surface area contributed by atoms with Crippen LogP contribution in [0.2, 0.25) is 10.0 Å². The molecule has 1 aromatic heterocycles. The fourth-order valence-electron chi connectivity index (χ4n) is 4.96. The lowest BCUT2D eigenvalue weighted by Crippen LogP contribution is -2.40. The van der Waals surface area contributed by atoms with Gasteiger partial charge in [-0.15, -0.1) is 0 Å². The van der Waals surface area contributed by atoms with Gasteiger partial charge in [0, 0.05) is 18.5 Å². The predicted molar refractivity (Wildman–Crippen MR) is 123 cm³/mol. The van der Waals surface area contributed by atoms with Gasteiger partial charge in [-0.3, -0.25) is 0 Å². The minimum absolute atomic E-state index is 0.181. The molecule has 0 bridgehead atoms. The zero-order chi connectivity index (χ0) is 21.8. The van der Waals surface area contributed by atoms with Crippen LogP contribution in [0.4, 0.5) is 10.2 Å². The first-order valence-electron chi connectivity index (χ1n) is 10.4. The number of aliphatic hydroxyl groups excluding tert-OH is 1. The summed E-state index contributed by atoms with van der Waals surface area (Å²) in [7, 11) is 0. The Kier molecular flexibility index (Phi) is 5.06. The highest BCUT2D eigenvalue weighted by Crippen LogP contribution is 2.58. The molecule has 160 valence electrons. The van der Waals surface area contributed by atoms with E-state index in [2.05, 4.69) is 21.4 Å². The Hall–Kier alpha value is -2.37. The summed E-state index contributed by atoms with van der Waals surface area (Å²) in [6.07, 6.45) is 5.36. The standard InChI is InChI=1S/C24H22Cl2FN3O/c1-14(31)24(8-9-24)16-3-2-10-30(12-16)23-21-17(15-4-6-18(25)19(26)11-15)5-7-20(27)22(21)28-13-29-23/h4-7,11,13,16,31H,1-3,8-10,12H2. The summed E-state index contributed by atoms with van der Waals surface area (Å²) in [6, 6.07) is 8.54. The number of anilines is 1. The molecule has 2 aromatic carbocycles. The zero-order valence-corrected chi connectivity index (χ0v) is 18.4. The van der Waals surface area contributed by atoms with E-state index >= 15 is 0 Å². The Labute approximate surface area is 190 Å². The first-order chi connectivity index (χ1) is 14.9. The van der Waals surface area contributed by atoms with E-state index in [9.17, 15) is 9.50 Å². The summed E-state index contributed by atoms with van der Waals surface area (Å²) in [5.41, 5.74) is 1.73. The van der Waals surface area contributed by atoms with Crippen LogP contribution in [0.1, 0.15) is 25.7 Å². The number of benzene rings is 2. The Bertz CT molecular complexity index is 1190.